The second-order valence-corrected chi connectivity index (χ2v) is 19.6. The zero-order valence-corrected chi connectivity index (χ0v) is 41.2. The first-order valence-electron chi connectivity index (χ1n) is 27.2. The summed E-state index contributed by atoms with van der Waals surface area (Å²) in [5, 5.41) is 0. The lowest BCUT2D eigenvalue weighted by Gasteiger charge is -2.28. The van der Waals surface area contributed by atoms with Crippen LogP contribution in [0.5, 0.6) is 0 Å². The number of allylic oxidation sites excluding steroid dienone is 2. The van der Waals surface area contributed by atoms with Crippen LogP contribution in [0.25, 0.3) is 0 Å². The normalized spacial score (nSPS) is 16.4. The Bertz CT molecular complexity index is 983. The molecule has 0 radical (unpaired) electrons. The molecule has 2 rings (SSSR count). The van der Waals surface area contributed by atoms with Crippen LogP contribution in [0.2, 0.25) is 0 Å². The van der Waals surface area contributed by atoms with E-state index in [1.807, 2.05) is 0 Å². The highest BCUT2D eigenvalue weighted by Crippen LogP contribution is 2.36. The summed E-state index contributed by atoms with van der Waals surface area (Å²) in [4.78, 5) is 24.9. The topological polar surface area (TPSA) is 71.1 Å². The van der Waals surface area contributed by atoms with Crippen molar-refractivity contribution in [2.24, 2.45) is 11.8 Å². The first-order chi connectivity index (χ1) is 29.9. The summed E-state index contributed by atoms with van der Waals surface area (Å²) < 4.78 is 24.7. The van der Waals surface area contributed by atoms with Crippen molar-refractivity contribution in [3.05, 3.63) is 11.6 Å². The standard InChI is InChI=1S/C55H102O6/c1-5-9-34-50(35-10-6-2)46-53(56)58-44-32-23-19-15-13-17-21-30-42-55(60-48-52(61-55)41-29-28-40-49-38-26-25-27-39-49)43-31-22-18-14-16-20-24-33-45-59-54(57)47-51(36-11-7-3)37-12-8-4/h38,50-52H,5-37,39-48H2,1-4H3. The molecule has 0 saturated carbocycles. The molecule has 2 aliphatic rings. The highest BCUT2D eigenvalue weighted by atomic mass is 16.7. The number of hydrogen-bond donors (Lipinski definition) is 0. The van der Waals surface area contributed by atoms with Crippen molar-refractivity contribution in [3.63, 3.8) is 0 Å². The highest BCUT2D eigenvalue weighted by Gasteiger charge is 2.40. The molecule has 0 aromatic carbocycles. The van der Waals surface area contributed by atoms with Crippen LogP contribution in [0.3, 0.4) is 0 Å². The second-order valence-electron chi connectivity index (χ2n) is 19.6. The zero-order valence-electron chi connectivity index (χ0n) is 41.2. The van der Waals surface area contributed by atoms with E-state index >= 15 is 0 Å². The summed E-state index contributed by atoms with van der Waals surface area (Å²) in [5.41, 5.74) is 1.69. The number of carbonyl (C=O) groups is 2. The van der Waals surface area contributed by atoms with Crippen LogP contribution in [-0.4, -0.2) is 43.7 Å². The van der Waals surface area contributed by atoms with Crippen LogP contribution in [-0.2, 0) is 28.5 Å². The molecule has 358 valence electrons. The van der Waals surface area contributed by atoms with Gasteiger partial charge in [-0.15, -0.1) is 0 Å². The first-order valence-corrected chi connectivity index (χ1v) is 27.2. The summed E-state index contributed by atoms with van der Waals surface area (Å²) >= 11 is 0. The molecule has 6 nitrogen and oxygen atoms in total. The smallest absolute Gasteiger partial charge is 0.306 e. The van der Waals surface area contributed by atoms with Gasteiger partial charge in [0.2, 0.25) is 0 Å². The minimum atomic E-state index is -0.372. The number of hydrogen-bond acceptors (Lipinski definition) is 6. The summed E-state index contributed by atoms with van der Waals surface area (Å²) in [6, 6.07) is 0. The van der Waals surface area contributed by atoms with Gasteiger partial charge in [-0.25, -0.2) is 0 Å². The summed E-state index contributed by atoms with van der Waals surface area (Å²) in [6.45, 7) is 10.9. The molecular formula is C55H102O6. The minimum Gasteiger partial charge on any atom is -0.466 e. The highest BCUT2D eigenvalue weighted by molar-refractivity contribution is 5.70. The van der Waals surface area contributed by atoms with Gasteiger partial charge in [-0.2, -0.15) is 0 Å². The Morgan fingerprint density at radius 3 is 1.44 bits per heavy atom. The van der Waals surface area contributed by atoms with Crippen molar-refractivity contribution in [2.45, 2.75) is 296 Å². The van der Waals surface area contributed by atoms with Gasteiger partial charge >= 0.3 is 11.9 Å². The van der Waals surface area contributed by atoms with Gasteiger partial charge in [0.15, 0.2) is 5.79 Å². The second kappa shape index (κ2) is 39.0. The van der Waals surface area contributed by atoms with Gasteiger partial charge in [0.1, 0.15) is 0 Å². The largest absolute Gasteiger partial charge is 0.466 e. The molecule has 6 heteroatoms. The molecule has 0 aromatic heterocycles. The van der Waals surface area contributed by atoms with Gasteiger partial charge in [0.25, 0.3) is 0 Å². The fraction of sp³-hybridized carbons (Fsp3) is 0.927. The van der Waals surface area contributed by atoms with Gasteiger partial charge in [0.05, 0.1) is 25.9 Å². The van der Waals surface area contributed by atoms with Crippen molar-refractivity contribution in [3.8, 4) is 0 Å². The fourth-order valence-electron chi connectivity index (χ4n) is 9.75. The molecule has 0 aromatic rings. The molecule has 1 heterocycles. The maximum absolute atomic E-state index is 12.4. The van der Waals surface area contributed by atoms with E-state index in [1.165, 1.54) is 173 Å². The number of ether oxygens (including phenoxy) is 4. The van der Waals surface area contributed by atoms with E-state index in [1.54, 1.807) is 5.57 Å². The van der Waals surface area contributed by atoms with E-state index in [-0.39, 0.29) is 23.8 Å². The van der Waals surface area contributed by atoms with Gasteiger partial charge in [-0.05, 0) is 108 Å². The maximum Gasteiger partial charge on any atom is 0.306 e. The molecule has 1 unspecified atom stereocenters. The van der Waals surface area contributed by atoms with Crippen LogP contribution in [0.4, 0.5) is 0 Å². The Labute approximate surface area is 379 Å². The van der Waals surface area contributed by atoms with Gasteiger partial charge < -0.3 is 18.9 Å². The number of esters is 2. The number of rotatable bonds is 43. The van der Waals surface area contributed by atoms with Crippen molar-refractivity contribution in [1.82, 2.24) is 0 Å². The van der Waals surface area contributed by atoms with E-state index in [2.05, 4.69) is 33.8 Å². The first kappa shape index (κ1) is 55.7. The zero-order chi connectivity index (χ0) is 43.9. The average Bonchev–Trinajstić information content (AvgIpc) is 3.68. The van der Waals surface area contributed by atoms with Gasteiger partial charge in [-0.3, -0.25) is 9.59 Å². The van der Waals surface area contributed by atoms with Crippen molar-refractivity contribution >= 4 is 11.9 Å². The lowest BCUT2D eigenvalue weighted by molar-refractivity contribution is -0.180. The third kappa shape index (κ3) is 30.4. The van der Waals surface area contributed by atoms with Crippen LogP contribution in [0, 0.1) is 11.8 Å². The van der Waals surface area contributed by atoms with Crippen LogP contribution >= 0.6 is 0 Å². The third-order valence-corrected chi connectivity index (χ3v) is 13.8. The molecule has 0 bridgehead atoms. The fourth-order valence-corrected chi connectivity index (χ4v) is 9.75. The minimum absolute atomic E-state index is 0.0202. The monoisotopic (exact) mass is 859 g/mol. The lowest BCUT2D eigenvalue weighted by Crippen LogP contribution is -2.31. The van der Waals surface area contributed by atoms with E-state index in [0.29, 0.717) is 37.9 Å². The third-order valence-electron chi connectivity index (χ3n) is 13.8. The van der Waals surface area contributed by atoms with Crippen LogP contribution < -0.4 is 0 Å². The average molecular weight is 859 g/mol. The van der Waals surface area contributed by atoms with Crippen molar-refractivity contribution in [2.75, 3.05) is 19.8 Å². The summed E-state index contributed by atoms with van der Waals surface area (Å²) in [5.74, 6) is 0.680. The quantitative estimate of drug-likeness (QED) is 0.0346. The van der Waals surface area contributed by atoms with Crippen molar-refractivity contribution in [1.29, 1.82) is 0 Å². The van der Waals surface area contributed by atoms with E-state index in [9.17, 15) is 9.59 Å². The lowest BCUT2D eigenvalue weighted by atomic mass is 9.93. The maximum atomic E-state index is 12.4. The Kier molecular flexibility index (Phi) is 35.6. The predicted octanol–water partition coefficient (Wildman–Crippen LogP) is 17.0. The molecule has 1 fully saturated rings. The summed E-state index contributed by atoms with van der Waals surface area (Å²) in [7, 11) is 0. The van der Waals surface area contributed by atoms with Crippen LogP contribution in [0.1, 0.15) is 285 Å². The van der Waals surface area contributed by atoms with Gasteiger partial charge in [-0.1, -0.05) is 174 Å². The van der Waals surface area contributed by atoms with Crippen molar-refractivity contribution < 1.29 is 28.5 Å². The molecule has 0 amide bonds. The van der Waals surface area contributed by atoms with E-state index in [0.717, 1.165) is 77.2 Å². The molecular weight excluding hydrogens is 757 g/mol. The summed E-state index contributed by atoms with van der Waals surface area (Å²) in [6.07, 6.45) is 49.9. The molecule has 1 atom stereocenters. The van der Waals surface area contributed by atoms with Gasteiger partial charge in [0, 0.05) is 25.7 Å². The molecule has 1 aliphatic carbocycles. The molecule has 1 aliphatic heterocycles. The predicted molar refractivity (Wildman–Crippen MR) is 258 cm³/mol. The van der Waals surface area contributed by atoms with Crippen LogP contribution in [0.15, 0.2) is 11.6 Å². The molecule has 61 heavy (non-hydrogen) atoms. The number of unbranched alkanes of at least 4 members (excludes halogenated alkanes) is 19. The Morgan fingerprint density at radius 2 is 1.02 bits per heavy atom. The molecule has 0 spiro atoms. The molecule has 0 N–H and O–H groups in total. The Balaban J connectivity index is 1.60. The molecule has 1 saturated heterocycles. The SMILES string of the molecule is CCCCC(CCCC)CC(=O)OCCCCCCCCCCC1(CCCCCCCCCCOC(=O)CC(CCCC)CCCC)OCC(CCCCC2=CCCCC2)O1. The van der Waals surface area contributed by atoms with E-state index < -0.39 is 0 Å². The number of carbonyl (C=O) groups excluding carboxylic acids is 2. The van der Waals surface area contributed by atoms with E-state index in [4.69, 9.17) is 18.9 Å². The Hall–Kier alpha value is -1.40. The Morgan fingerprint density at radius 1 is 0.574 bits per heavy atom.